The summed E-state index contributed by atoms with van der Waals surface area (Å²) in [6.07, 6.45) is 1.06. The predicted octanol–water partition coefficient (Wildman–Crippen LogP) is 1.64. The summed E-state index contributed by atoms with van der Waals surface area (Å²) in [7, 11) is 3.71. The molecule has 2 unspecified atom stereocenters. The zero-order valence-electron chi connectivity index (χ0n) is 9.50. The van der Waals surface area contributed by atoms with Crippen LogP contribution in [-0.2, 0) is 6.42 Å². The van der Waals surface area contributed by atoms with E-state index in [1.807, 2.05) is 19.2 Å². The molecule has 1 aliphatic heterocycles. The van der Waals surface area contributed by atoms with Crippen molar-refractivity contribution in [3.63, 3.8) is 0 Å². The van der Waals surface area contributed by atoms with Crippen molar-refractivity contribution < 1.29 is 4.74 Å². The Morgan fingerprint density at radius 3 is 3.00 bits per heavy atom. The van der Waals surface area contributed by atoms with E-state index in [0.29, 0.717) is 12.1 Å². The van der Waals surface area contributed by atoms with Crippen LogP contribution < -0.4 is 15.4 Å². The fourth-order valence-corrected chi connectivity index (χ4v) is 2.06. The number of methoxy groups -OCH3 is 1. The van der Waals surface area contributed by atoms with Gasteiger partial charge in [0.15, 0.2) is 0 Å². The molecule has 0 aromatic heterocycles. The minimum Gasteiger partial charge on any atom is -0.495 e. The van der Waals surface area contributed by atoms with Crippen LogP contribution >= 0.6 is 0 Å². The maximum atomic E-state index is 5.34. The van der Waals surface area contributed by atoms with Crippen LogP contribution in [0, 0.1) is 0 Å². The fraction of sp³-hybridized carbons (Fsp3) is 0.500. The summed E-state index contributed by atoms with van der Waals surface area (Å²) in [5.74, 6) is 0.943. The zero-order chi connectivity index (χ0) is 10.8. The molecule has 82 valence electrons. The Morgan fingerprint density at radius 1 is 1.53 bits per heavy atom. The van der Waals surface area contributed by atoms with Crippen molar-refractivity contribution in [2.45, 2.75) is 25.4 Å². The van der Waals surface area contributed by atoms with Gasteiger partial charge in [-0.25, -0.2) is 0 Å². The lowest BCUT2D eigenvalue weighted by molar-refractivity contribution is 0.416. The number of likely N-dealkylation sites (N-methyl/N-ethyl adjacent to an activating group) is 1. The number of fused-ring (bicyclic) bond motifs is 1. The monoisotopic (exact) mass is 206 g/mol. The van der Waals surface area contributed by atoms with Gasteiger partial charge in [-0.3, -0.25) is 0 Å². The van der Waals surface area contributed by atoms with Crippen LogP contribution in [0.4, 0.5) is 5.69 Å². The topological polar surface area (TPSA) is 33.3 Å². The molecule has 0 radical (unpaired) electrons. The summed E-state index contributed by atoms with van der Waals surface area (Å²) >= 11 is 0. The van der Waals surface area contributed by atoms with Crippen LogP contribution in [-0.4, -0.2) is 26.2 Å². The molecular formula is C12H18N2O. The molecule has 1 heterocycles. The molecule has 3 nitrogen and oxygen atoms in total. The Morgan fingerprint density at radius 2 is 2.33 bits per heavy atom. The molecule has 1 aliphatic rings. The number of nitrogens with one attached hydrogen (secondary N) is 2. The van der Waals surface area contributed by atoms with Crippen LogP contribution in [0.15, 0.2) is 18.2 Å². The highest BCUT2D eigenvalue weighted by Crippen LogP contribution is 2.35. The smallest absolute Gasteiger partial charge is 0.142 e. The average molecular weight is 206 g/mol. The summed E-state index contributed by atoms with van der Waals surface area (Å²) in [6, 6.07) is 7.13. The highest BCUT2D eigenvalue weighted by atomic mass is 16.5. The summed E-state index contributed by atoms with van der Waals surface area (Å²) in [5.41, 5.74) is 2.51. The normalized spacial score (nSPS) is 20.6. The number of rotatable bonds is 3. The largest absolute Gasteiger partial charge is 0.495 e. The van der Waals surface area contributed by atoms with Crippen LogP contribution in [0.25, 0.3) is 0 Å². The van der Waals surface area contributed by atoms with Gasteiger partial charge >= 0.3 is 0 Å². The van der Waals surface area contributed by atoms with Crippen molar-refractivity contribution >= 4 is 5.69 Å². The number of hydrogen-bond acceptors (Lipinski definition) is 3. The minimum absolute atomic E-state index is 0.460. The van der Waals surface area contributed by atoms with E-state index in [0.717, 1.165) is 17.9 Å². The molecule has 2 rings (SSSR count). The van der Waals surface area contributed by atoms with E-state index in [9.17, 15) is 0 Å². The average Bonchev–Trinajstić information content (AvgIpc) is 2.71. The second-order valence-electron chi connectivity index (χ2n) is 4.03. The van der Waals surface area contributed by atoms with Crippen LogP contribution in [0.1, 0.15) is 12.5 Å². The molecule has 0 aliphatic carbocycles. The van der Waals surface area contributed by atoms with Crippen molar-refractivity contribution in [2.75, 3.05) is 19.5 Å². The summed E-state index contributed by atoms with van der Waals surface area (Å²) in [4.78, 5) is 0. The Bertz CT molecular complexity index is 351. The number of ether oxygens (including phenoxy) is 1. The molecule has 2 N–H and O–H groups in total. The molecule has 2 atom stereocenters. The van der Waals surface area contributed by atoms with Crippen molar-refractivity contribution in [1.29, 1.82) is 0 Å². The van der Waals surface area contributed by atoms with E-state index in [-0.39, 0.29) is 0 Å². The molecule has 1 aromatic rings. The van der Waals surface area contributed by atoms with Gasteiger partial charge in [-0.1, -0.05) is 12.1 Å². The Hall–Kier alpha value is -1.22. The summed E-state index contributed by atoms with van der Waals surface area (Å²) < 4.78 is 5.34. The molecule has 0 saturated heterocycles. The number of hydrogen-bond donors (Lipinski definition) is 2. The van der Waals surface area contributed by atoms with Gasteiger partial charge in [0.25, 0.3) is 0 Å². The first kappa shape index (κ1) is 10.3. The third kappa shape index (κ3) is 1.79. The molecule has 0 amide bonds. The van der Waals surface area contributed by atoms with E-state index in [1.165, 1.54) is 5.56 Å². The Labute approximate surface area is 90.8 Å². The molecule has 0 fully saturated rings. The molecule has 0 saturated carbocycles. The lowest BCUT2D eigenvalue weighted by Crippen LogP contribution is -2.38. The predicted molar refractivity (Wildman–Crippen MR) is 62.6 cm³/mol. The van der Waals surface area contributed by atoms with E-state index in [1.54, 1.807) is 7.11 Å². The second-order valence-corrected chi connectivity index (χ2v) is 4.03. The molecule has 15 heavy (non-hydrogen) atoms. The third-order valence-corrected chi connectivity index (χ3v) is 3.16. The molecule has 0 spiro atoms. The lowest BCUT2D eigenvalue weighted by atomic mass is 10.1. The van der Waals surface area contributed by atoms with Gasteiger partial charge in [0.1, 0.15) is 5.75 Å². The zero-order valence-corrected chi connectivity index (χ0v) is 9.50. The van der Waals surface area contributed by atoms with E-state index >= 15 is 0 Å². The first-order valence-corrected chi connectivity index (χ1v) is 5.36. The van der Waals surface area contributed by atoms with Crippen molar-refractivity contribution in [3.05, 3.63) is 23.8 Å². The standard InChI is InChI=1S/C12H18N2O/c1-8(13-2)10-7-9-5-4-6-11(15-3)12(9)14-10/h4-6,8,10,13-14H,7H2,1-3H3. The molecular weight excluding hydrogens is 188 g/mol. The van der Waals surface area contributed by atoms with E-state index in [4.69, 9.17) is 4.74 Å². The van der Waals surface area contributed by atoms with Gasteiger partial charge in [-0.05, 0) is 32.0 Å². The maximum Gasteiger partial charge on any atom is 0.142 e. The highest BCUT2D eigenvalue weighted by Gasteiger charge is 2.26. The van der Waals surface area contributed by atoms with Crippen molar-refractivity contribution in [3.8, 4) is 5.75 Å². The fourth-order valence-electron chi connectivity index (χ4n) is 2.06. The van der Waals surface area contributed by atoms with Crippen LogP contribution in [0.3, 0.4) is 0 Å². The van der Waals surface area contributed by atoms with E-state index in [2.05, 4.69) is 23.6 Å². The van der Waals surface area contributed by atoms with E-state index < -0.39 is 0 Å². The first-order valence-electron chi connectivity index (χ1n) is 5.36. The van der Waals surface area contributed by atoms with Gasteiger partial charge in [0, 0.05) is 12.1 Å². The van der Waals surface area contributed by atoms with Crippen LogP contribution in [0.2, 0.25) is 0 Å². The number of para-hydroxylation sites is 1. The first-order chi connectivity index (χ1) is 7.26. The Kier molecular flexibility index (Phi) is 2.82. The second kappa shape index (κ2) is 4.11. The summed E-state index contributed by atoms with van der Waals surface area (Å²) in [5, 5.41) is 6.79. The maximum absolute atomic E-state index is 5.34. The van der Waals surface area contributed by atoms with Gasteiger partial charge in [0.05, 0.1) is 12.8 Å². The quantitative estimate of drug-likeness (QED) is 0.788. The molecule has 0 bridgehead atoms. The van der Waals surface area contributed by atoms with Gasteiger partial charge in [-0.15, -0.1) is 0 Å². The SMILES string of the molecule is CNC(C)C1Cc2cccc(OC)c2N1. The Balaban J connectivity index is 2.23. The van der Waals surface area contributed by atoms with Crippen LogP contribution in [0.5, 0.6) is 5.75 Å². The van der Waals surface area contributed by atoms with Crippen molar-refractivity contribution in [2.24, 2.45) is 0 Å². The van der Waals surface area contributed by atoms with Gasteiger partial charge < -0.3 is 15.4 Å². The van der Waals surface area contributed by atoms with Gasteiger partial charge in [-0.2, -0.15) is 0 Å². The third-order valence-electron chi connectivity index (χ3n) is 3.16. The lowest BCUT2D eigenvalue weighted by Gasteiger charge is -2.19. The molecule has 3 heteroatoms. The van der Waals surface area contributed by atoms with Gasteiger partial charge in [0.2, 0.25) is 0 Å². The molecule has 1 aromatic carbocycles. The number of anilines is 1. The number of benzene rings is 1. The van der Waals surface area contributed by atoms with Crippen molar-refractivity contribution in [1.82, 2.24) is 5.32 Å². The minimum atomic E-state index is 0.460. The highest BCUT2D eigenvalue weighted by molar-refractivity contribution is 5.66. The summed E-state index contributed by atoms with van der Waals surface area (Å²) in [6.45, 7) is 2.19.